The Morgan fingerprint density at radius 2 is 1.63 bits per heavy atom. The average molecular weight is 277 g/mol. The molecule has 0 bridgehead atoms. The summed E-state index contributed by atoms with van der Waals surface area (Å²) in [5.41, 5.74) is 2.32. The molecule has 2 rings (SSSR count). The Hall–Kier alpha value is -2.01. The smallest absolute Gasteiger partial charge is 0.229 e. The molecule has 1 N–H and O–H groups in total. The van der Waals surface area contributed by atoms with E-state index in [2.05, 4.69) is 4.72 Å². The van der Waals surface area contributed by atoms with Gasteiger partial charge in [-0.2, -0.15) is 0 Å². The average Bonchev–Trinajstić information content (AvgIpc) is 2.38. The highest BCUT2D eigenvalue weighted by atomic mass is 32.2. The number of para-hydroxylation sites is 1. The van der Waals surface area contributed by atoms with E-state index in [0.717, 1.165) is 23.1 Å². The minimum Gasteiger partial charge on any atom is -0.497 e. The lowest BCUT2D eigenvalue weighted by Gasteiger charge is -2.11. The second-order valence-electron chi connectivity index (χ2n) is 4.15. The Morgan fingerprint density at radius 1 is 1.00 bits per heavy atom. The number of hydrogen-bond acceptors (Lipinski definition) is 3. The normalized spacial score (nSPS) is 11.1. The van der Waals surface area contributed by atoms with Gasteiger partial charge in [-0.1, -0.05) is 30.3 Å². The number of rotatable bonds is 4. The highest BCUT2D eigenvalue weighted by molar-refractivity contribution is 7.92. The van der Waals surface area contributed by atoms with E-state index in [4.69, 9.17) is 4.74 Å². The number of benzene rings is 2. The van der Waals surface area contributed by atoms with Crippen LogP contribution in [-0.2, 0) is 10.0 Å². The van der Waals surface area contributed by atoms with Crippen molar-refractivity contribution in [3.8, 4) is 16.9 Å². The Morgan fingerprint density at radius 3 is 2.21 bits per heavy atom. The summed E-state index contributed by atoms with van der Waals surface area (Å²) in [6.07, 6.45) is 1.14. The molecule has 2 aromatic carbocycles. The van der Waals surface area contributed by atoms with Gasteiger partial charge in [0.05, 0.1) is 19.1 Å². The summed E-state index contributed by atoms with van der Waals surface area (Å²) >= 11 is 0. The maximum atomic E-state index is 11.4. The molecular weight excluding hydrogens is 262 g/mol. The van der Waals surface area contributed by atoms with Crippen LogP contribution < -0.4 is 9.46 Å². The Kier molecular flexibility index (Phi) is 3.76. The van der Waals surface area contributed by atoms with Gasteiger partial charge in [-0.3, -0.25) is 4.72 Å². The van der Waals surface area contributed by atoms with E-state index in [1.807, 2.05) is 36.4 Å². The molecule has 5 heteroatoms. The lowest BCUT2D eigenvalue weighted by Crippen LogP contribution is -2.10. The van der Waals surface area contributed by atoms with Gasteiger partial charge in [0.25, 0.3) is 0 Å². The first-order valence-corrected chi connectivity index (χ1v) is 7.60. The van der Waals surface area contributed by atoms with Crippen LogP contribution >= 0.6 is 0 Å². The zero-order valence-corrected chi connectivity index (χ0v) is 11.6. The molecule has 0 atom stereocenters. The molecule has 100 valence electrons. The lowest BCUT2D eigenvalue weighted by atomic mass is 10.0. The molecular formula is C14H15NO3S. The van der Waals surface area contributed by atoms with Crippen molar-refractivity contribution < 1.29 is 13.2 Å². The van der Waals surface area contributed by atoms with Gasteiger partial charge in [-0.25, -0.2) is 8.42 Å². The fourth-order valence-corrected chi connectivity index (χ4v) is 2.37. The third-order valence-electron chi connectivity index (χ3n) is 2.62. The van der Waals surface area contributed by atoms with Crippen molar-refractivity contribution in [1.82, 2.24) is 0 Å². The molecule has 0 aromatic heterocycles. The van der Waals surface area contributed by atoms with Crippen LogP contribution in [0.1, 0.15) is 0 Å². The molecule has 0 aliphatic rings. The van der Waals surface area contributed by atoms with Crippen LogP contribution in [0.25, 0.3) is 11.1 Å². The van der Waals surface area contributed by atoms with E-state index >= 15 is 0 Å². The molecule has 0 aliphatic heterocycles. The minimum atomic E-state index is -3.30. The van der Waals surface area contributed by atoms with Gasteiger partial charge in [0.15, 0.2) is 0 Å². The maximum absolute atomic E-state index is 11.4. The van der Waals surface area contributed by atoms with Gasteiger partial charge in [-0.15, -0.1) is 0 Å². The Labute approximate surface area is 113 Å². The SMILES string of the molecule is COc1ccc(-c2ccccc2NS(C)(=O)=O)cc1. The second-order valence-corrected chi connectivity index (χ2v) is 5.90. The highest BCUT2D eigenvalue weighted by Crippen LogP contribution is 2.29. The molecule has 0 radical (unpaired) electrons. The quantitative estimate of drug-likeness (QED) is 0.935. The van der Waals surface area contributed by atoms with E-state index < -0.39 is 10.0 Å². The van der Waals surface area contributed by atoms with Crippen molar-refractivity contribution in [2.75, 3.05) is 18.1 Å². The van der Waals surface area contributed by atoms with E-state index in [1.54, 1.807) is 19.2 Å². The van der Waals surface area contributed by atoms with Crippen molar-refractivity contribution in [3.63, 3.8) is 0 Å². The lowest BCUT2D eigenvalue weighted by molar-refractivity contribution is 0.415. The van der Waals surface area contributed by atoms with Crippen molar-refractivity contribution in [1.29, 1.82) is 0 Å². The van der Waals surface area contributed by atoms with Crippen LogP contribution in [0.15, 0.2) is 48.5 Å². The predicted molar refractivity (Wildman–Crippen MR) is 76.9 cm³/mol. The summed E-state index contributed by atoms with van der Waals surface area (Å²) in [4.78, 5) is 0. The fraction of sp³-hybridized carbons (Fsp3) is 0.143. The first-order valence-electron chi connectivity index (χ1n) is 5.71. The minimum absolute atomic E-state index is 0.565. The maximum Gasteiger partial charge on any atom is 0.229 e. The van der Waals surface area contributed by atoms with Crippen molar-refractivity contribution in [2.45, 2.75) is 0 Å². The van der Waals surface area contributed by atoms with Crippen LogP contribution in [-0.4, -0.2) is 21.8 Å². The monoisotopic (exact) mass is 277 g/mol. The number of anilines is 1. The van der Waals surface area contributed by atoms with E-state index in [1.165, 1.54) is 0 Å². The molecule has 0 spiro atoms. The molecule has 0 saturated heterocycles. The molecule has 2 aromatic rings. The molecule has 0 saturated carbocycles. The van der Waals surface area contributed by atoms with Crippen molar-refractivity contribution in [2.24, 2.45) is 0 Å². The number of hydrogen-bond donors (Lipinski definition) is 1. The zero-order chi connectivity index (χ0) is 13.9. The fourth-order valence-electron chi connectivity index (χ4n) is 1.79. The number of ether oxygens (including phenoxy) is 1. The van der Waals surface area contributed by atoms with Gasteiger partial charge in [0.2, 0.25) is 10.0 Å². The summed E-state index contributed by atoms with van der Waals surface area (Å²) in [5.74, 6) is 0.761. The van der Waals surface area contributed by atoms with Crippen molar-refractivity contribution in [3.05, 3.63) is 48.5 Å². The van der Waals surface area contributed by atoms with E-state index in [9.17, 15) is 8.42 Å². The third-order valence-corrected chi connectivity index (χ3v) is 3.21. The van der Waals surface area contributed by atoms with E-state index in [0.29, 0.717) is 5.69 Å². The van der Waals surface area contributed by atoms with Crippen LogP contribution in [0.5, 0.6) is 5.75 Å². The molecule has 0 fully saturated rings. The van der Waals surface area contributed by atoms with Crippen LogP contribution in [0, 0.1) is 0 Å². The number of sulfonamides is 1. The molecule has 0 unspecified atom stereocenters. The first kappa shape index (κ1) is 13.4. The highest BCUT2D eigenvalue weighted by Gasteiger charge is 2.08. The van der Waals surface area contributed by atoms with Gasteiger partial charge in [0.1, 0.15) is 5.75 Å². The standard InChI is InChI=1S/C14H15NO3S/c1-18-12-9-7-11(8-10-12)13-5-3-4-6-14(13)15-19(2,16)17/h3-10,15H,1-2H3. The van der Waals surface area contributed by atoms with Crippen LogP contribution in [0.3, 0.4) is 0 Å². The van der Waals surface area contributed by atoms with Gasteiger partial charge in [0, 0.05) is 5.56 Å². The summed E-state index contributed by atoms with van der Waals surface area (Å²) in [5, 5.41) is 0. The Balaban J connectivity index is 2.43. The number of nitrogens with one attached hydrogen (secondary N) is 1. The third kappa shape index (κ3) is 3.48. The predicted octanol–water partition coefficient (Wildman–Crippen LogP) is 2.73. The summed E-state index contributed by atoms with van der Waals surface area (Å²) in [6.45, 7) is 0. The molecule has 0 aliphatic carbocycles. The molecule has 19 heavy (non-hydrogen) atoms. The molecule has 4 nitrogen and oxygen atoms in total. The van der Waals surface area contributed by atoms with Crippen LogP contribution in [0.4, 0.5) is 5.69 Å². The van der Waals surface area contributed by atoms with Crippen LogP contribution in [0.2, 0.25) is 0 Å². The summed E-state index contributed by atoms with van der Waals surface area (Å²) in [6, 6.07) is 14.7. The largest absolute Gasteiger partial charge is 0.497 e. The first-order chi connectivity index (χ1) is 8.99. The topological polar surface area (TPSA) is 55.4 Å². The summed E-state index contributed by atoms with van der Waals surface area (Å²) in [7, 11) is -1.69. The zero-order valence-electron chi connectivity index (χ0n) is 10.8. The molecule has 0 amide bonds. The number of methoxy groups -OCH3 is 1. The Bertz CT molecular complexity index is 663. The van der Waals surface area contributed by atoms with Gasteiger partial charge in [-0.05, 0) is 23.8 Å². The second kappa shape index (κ2) is 5.32. The van der Waals surface area contributed by atoms with Gasteiger partial charge >= 0.3 is 0 Å². The van der Waals surface area contributed by atoms with E-state index in [-0.39, 0.29) is 0 Å². The summed E-state index contributed by atoms with van der Waals surface area (Å²) < 4.78 is 30.3. The van der Waals surface area contributed by atoms with Crippen molar-refractivity contribution >= 4 is 15.7 Å². The molecule has 0 heterocycles. The van der Waals surface area contributed by atoms with Gasteiger partial charge < -0.3 is 4.74 Å².